The van der Waals surface area contributed by atoms with Gasteiger partial charge in [0.2, 0.25) is 11.7 Å². The van der Waals surface area contributed by atoms with Crippen molar-refractivity contribution in [3.05, 3.63) is 48.1 Å². The number of anilines is 1. The average Bonchev–Trinajstić information content (AvgIpc) is 3.37. The summed E-state index contributed by atoms with van der Waals surface area (Å²) < 4.78 is 12.6. The molecule has 0 bridgehead atoms. The Morgan fingerprint density at radius 3 is 2.89 bits per heavy atom. The van der Waals surface area contributed by atoms with Crippen LogP contribution in [0.3, 0.4) is 0 Å². The van der Waals surface area contributed by atoms with E-state index in [1.807, 2.05) is 42.8 Å². The Bertz CT molecular complexity index is 1210. The number of nitriles is 1. The number of benzene rings is 1. The molecule has 0 spiro atoms. The number of hydrogen-bond donors (Lipinski definition) is 1. The van der Waals surface area contributed by atoms with E-state index in [9.17, 15) is 10.1 Å². The van der Waals surface area contributed by atoms with Crippen molar-refractivity contribution in [1.82, 2.24) is 14.8 Å². The van der Waals surface area contributed by atoms with Gasteiger partial charge < -0.3 is 18.7 Å². The number of nitrogens with zero attached hydrogens (tertiary/aromatic N) is 4. The molecule has 3 heterocycles. The minimum atomic E-state index is -0.267. The molecule has 1 amide bonds. The number of amides is 1. The lowest BCUT2D eigenvalue weighted by Crippen LogP contribution is -2.15. The summed E-state index contributed by atoms with van der Waals surface area (Å²) in [5.41, 5.74) is 1.79. The summed E-state index contributed by atoms with van der Waals surface area (Å²) >= 11 is 1.25. The smallest absolute Gasteiger partial charge is 0.234 e. The molecule has 0 fully saturated rings. The van der Waals surface area contributed by atoms with Gasteiger partial charge >= 0.3 is 0 Å². The number of fused-ring (bicyclic) bond motifs is 1. The number of carbonyl (C=O) groups excluding carboxylic acids is 1. The van der Waals surface area contributed by atoms with Crippen molar-refractivity contribution in [2.45, 2.75) is 12.1 Å². The number of para-hydroxylation sites is 1. The highest BCUT2D eigenvalue weighted by atomic mass is 32.2. The van der Waals surface area contributed by atoms with Crippen LogP contribution >= 0.6 is 11.8 Å². The van der Waals surface area contributed by atoms with E-state index in [-0.39, 0.29) is 17.4 Å². The number of carbonyl (C=O) groups is 1. The van der Waals surface area contributed by atoms with Gasteiger partial charge in [0.25, 0.3) is 0 Å². The zero-order chi connectivity index (χ0) is 19.7. The Morgan fingerprint density at radius 2 is 2.14 bits per heavy atom. The van der Waals surface area contributed by atoms with Crippen LogP contribution in [0.5, 0.6) is 0 Å². The number of aryl methyl sites for hydroxylation is 1. The molecule has 9 heteroatoms. The van der Waals surface area contributed by atoms with Gasteiger partial charge in [-0.25, -0.2) is 0 Å². The molecule has 0 aliphatic rings. The summed E-state index contributed by atoms with van der Waals surface area (Å²) in [7, 11) is 1.83. The van der Waals surface area contributed by atoms with Crippen LogP contribution in [0.15, 0.2) is 50.6 Å². The fraction of sp³-hybridized carbons (Fsp3) is 0.158. The third-order valence-corrected chi connectivity index (χ3v) is 5.25. The van der Waals surface area contributed by atoms with Gasteiger partial charge in [0.05, 0.1) is 17.6 Å². The molecule has 3 aromatic heterocycles. The lowest BCUT2D eigenvalue weighted by Gasteiger charge is -2.05. The van der Waals surface area contributed by atoms with E-state index in [1.54, 1.807) is 18.4 Å². The molecular formula is C19H15N5O3S. The zero-order valence-corrected chi connectivity index (χ0v) is 15.9. The molecule has 4 aromatic rings. The number of thioether (sulfide) groups is 1. The molecule has 1 aromatic carbocycles. The number of nitrogens with one attached hydrogen (secondary N) is 1. The Hall–Kier alpha value is -3.51. The summed E-state index contributed by atoms with van der Waals surface area (Å²) in [4.78, 5) is 12.4. The third kappa shape index (κ3) is 3.14. The van der Waals surface area contributed by atoms with E-state index in [0.29, 0.717) is 27.6 Å². The van der Waals surface area contributed by atoms with Gasteiger partial charge in [-0.2, -0.15) is 5.26 Å². The van der Waals surface area contributed by atoms with Crippen LogP contribution < -0.4 is 5.32 Å². The van der Waals surface area contributed by atoms with Crippen LogP contribution in [0.1, 0.15) is 11.5 Å². The molecule has 0 radical (unpaired) electrons. The normalized spacial score (nSPS) is 10.9. The van der Waals surface area contributed by atoms with Crippen LogP contribution in [-0.4, -0.2) is 26.4 Å². The van der Waals surface area contributed by atoms with Gasteiger partial charge in [0.1, 0.15) is 23.1 Å². The maximum atomic E-state index is 12.4. The van der Waals surface area contributed by atoms with Gasteiger partial charge in [0.15, 0.2) is 11.0 Å². The largest absolute Gasteiger partial charge is 0.469 e. The number of furan rings is 2. The van der Waals surface area contributed by atoms with Crippen LogP contribution in [0.2, 0.25) is 0 Å². The highest BCUT2D eigenvalue weighted by Gasteiger charge is 2.18. The van der Waals surface area contributed by atoms with E-state index < -0.39 is 0 Å². The molecule has 4 rings (SSSR count). The standard InChI is InChI=1S/C19H15N5O3S/c1-11-12(7-8-26-11)18-22-23-19(24(18)2)28-10-16(25)21-17-13-5-3-4-6-14(13)27-15(17)9-20/h3-8H,10H2,1-2H3,(H,21,25). The molecule has 0 saturated heterocycles. The Morgan fingerprint density at radius 1 is 1.32 bits per heavy atom. The SMILES string of the molecule is Cc1occc1-c1nnc(SCC(=O)Nc2c(C#N)oc3ccccc23)n1C. The Balaban J connectivity index is 1.49. The molecule has 0 unspecified atom stereocenters. The Kier molecular flexibility index (Phi) is 4.63. The van der Waals surface area contributed by atoms with Crippen LogP contribution in [-0.2, 0) is 11.8 Å². The molecule has 0 saturated carbocycles. The van der Waals surface area contributed by atoms with Crippen molar-refractivity contribution in [3.63, 3.8) is 0 Å². The highest BCUT2D eigenvalue weighted by Crippen LogP contribution is 2.31. The summed E-state index contributed by atoms with van der Waals surface area (Å²) in [6, 6.07) is 11.0. The predicted octanol–water partition coefficient (Wildman–Crippen LogP) is 3.73. The number of aromatic nitrogens is 3. The molecule has 140 valence electrons. The van der Waals surface area contributed by atoms with Crippen molar-refractivity contribution in [3.8, 4) is 17.5 Å². The number of rotatable bonds is 5. The zero-order valence-electron chi connectivity index (χ0n) is 15.1. The van der Waals surface area contributed by atoms with Gasteiger partial charge in [-0.1, -0.05) is 23.9 Å². The van der Waals surface area contributed by atoms with Crippen molar-refractivity contribution < 1.29 is 13.6 Å². The Labute approximate surface area is 164 Å². The fourth-order valence-electron chi connectivity index (χ4n) is 2.85. The van der Waals surface area contributed by atoms with Gasteiger partial charge in [0, 0.05) is 12.4 Å². The van der Waals surface area contributed by atoms with E-state index in [1.165, 1.54) is 11.8 Å². The first kappa shape index (κ1) is 17.9. The molecule has 1 N–H and O–H groups in total. The van der Waals surface area contributed by atoms with E-state index in [2.05, 4.69) is 15.5 Å². The maximum absolute atomic E-state index is 12.4. The third-order valence-electron chi connectivity index (χ3n) is 4.23. The quantitative estimate of drug-likeness (QED) is 0.514. The second kappa shape index (κ2) is 7.25. The van der Waals surface area contributed by atoms with Crippen molar-refractivity contribution in [2.75, 3.05) is 11.1 Å². The fourth-order valence-corrected chi connectivity index (χ4v) is 3.56. The topological polar surface area (TPSA) is 110 Å². The van der Waals surface area contributed by atoms with Crippen LogP contribution in [0.4, 0.5) is 5.69 Å². The van der Waals surface area contributed by atoms with Crippen LogP contribution in [0.25, 0.3) is 22.4 Å². The number of hydrogen-bond acceptors (Lipinski definition) is 7. The minimum Gasteiger partial charge on any atom is -0.469 e. The van der Waals surface area contributed by atoms with E-state index >= 15 is 0 Å². The summed E-state index contributed by atoms with van der Waals surface area (Å²) in [5.74, 6) is 1.34. The van der Waals surface area contributed by atoms with Gasteiger partial charge in [-0.3, -0.25) is 4.79 Å². The monoisotopic (exact) mass is 393 g/mol. The van der Waals surface area contributed by atoms with Crippen molar-refractivity contribution in [1.29, 1.82) is 5.26 Å². The first-order chi connectivity index (χ1) is 13.6. The minimum absolute atomic E-state index is 0.0796. The maximum Gasteiger partial charge on any atom is 0.234 e. The molecule has 8 nitrogen and oxygen atoms in total. The summed E-state index contributed by atoms with van der Waals surface area (Å²) in [5, 5.41) is 21.7. The second-order valence-electron chi connectivity index (χ2n) is 6.01. The molecule has 0 aliphatic heterocycles. The molecule has 0 atom stereocenters. The first-order valence-electron chi connectivity index (χ1n) is 8.36. The summed E-state index contributed by atoms with van der Waals surface area (Å²) in [6.45, 7) is 1.85. The van der Waals surface area contributed by atoms with E-state index in [4.69, 9.17) is 8.83 Å². The first-order valence-corrected chi connectivity index (χ1v) is 9.35. The van der Waals surface area contributed by atoms with Gasteiger partial charge in [-0.15, -0.1) is 10.2 Å². The van der Waals surface area contributed by atoms with Crippen molar-refractivity contribution >= 4 is 34.3 Å². The van der Waals surface area contributed by atoms with E-state index in [0.717, 1.165) is 11.3 Å². The second-order valence-corrected chi connectivity index (χ2v) is 6.95. The summed E-state index contributed by atoms with van der Waals surface area (Å²) in [6.07, 6.45) is 1.60. The lowest BCUT2D eigenvalue weighted by molar-refractivity contribution is -0.113. The lowest BCUT2D eigenvalue weighted by atomic mass is 10.2. The van der Waals surface area contributed by atoms with Crippen LogP contribution in [0, 0.1) is 18.3 Å². The average molecular weight is 393 g/mol. The van der Waals surface area contributed by atoms with Crippen molar-refractivity contribution in [2.24, 2.45) is 7.05 Å². The highest BCUT2D eigenvalue weighted by molar-refractivity contribution is 7.99. The predicted molar refractivity (Wildman–Crippen MR) is 104 cm³/mol. The van der Waals surface area contributed by atoms with Gasteiger partial charge in [-0.05, 0) is 25.1 Å². The molecule has 0 aliphatic carbocycles. The molecular weight excluding hydrogens is 378 g/mol. The molecule has 28 heavy (non-hydrogen) atoms.